The third-order valence-corrected chi connectivity index (χ3v) is 9.95. The first kappa shape index (κ1) is 31.1. The lowest BCUT2D eigenvalue weighted by atomic mass is 10.0. The maximum atomic E-state index is 13.6. The van der Waals surface area contributed by atoms with E-state index >= 15 is 0 Å². The van der Waals surface area contributed by atoms with Crippen molar-refractivity contribution in [2.45, 2.75) is 17.7 Å². The normalized spacial score (nSPS) is 16.4. The van der Waals surface area contributed by atoms with Crippen LogP contribution in [0.2, 0.25) is 0 Å². The number of sulfonamides is 1. The quantitative estimate of drug-likeness (QED) is 0.244. The summed E-state index contributed by atoms with van der Waals surface area (Å²) in [4.78, 5) is 37.9. The van der Waals surface area contributed by atoms with Crippen LogP contribution in [-0.4, -0.2) is 72.6 Å². The molecule has 0 radical (unpaired) electrons. The van der Waals surface area contributed by atoms with Crippen LogP contribution in [0.4, 0.5) is 27.4 Å². The summed E-state index contributed by atoms with van der Waals surface area (Å²) in [5.74, 6) is -0.830. The number of benzene rings is 3. The molecule has 238 valence electrons. The van der Waals surface area contributed by atoms with Crippen molar-refractivity contribution >= 4 is 44.8 Å². The summed E-state index contributed by atoms with van der Waals surface area (Å²) in [6.07, 6.45) is 2.19. The number of carbonyl (C=O) groups is 2. The zero-order valence-electron chi connectivity index (χ0n) is 25.0. The number of halogens is 1. The Balaban J connectivity index is 1.17. The molecule has 3 N–H and O–H groups in total. The molecule has 0 bridgehead atoms. The molecule has 14 heteroatoms. The number of amides is 2. The van der Waals surface area contributed by atoms with Gasteiger partial charge in [0.15, 0.2) is 0 Å². The third-order valence-electron chi connectivity index (χ3n) is 8.06. The minimum Gasteiger partial charge on any atom is -0.439 e. The van der Waals surface area contributed by atoms with Gasteiger partial charge in [0, 0.05) is 55.5 Å². The summed E-state index contributed by atoms with van der Waals surface area (Å²) in [6.45, 7) is 2.19. The number of hydrogen-bond acceptors (Lipinski definition) is 9. The number of primary amides is 1. The van der Waals surface area contributed by atoms with Crippen molar-refractivity contribution in [1.82, 2.24) is 19.2 Å². The average Bonchev–Trinajstić information content (AvgIpc) is 3.86. The van der Waals surface area contributed by atoms with Gasteiger partial charge < -0.3 is 20.7 Å². The first-order chi connectivity index (χ1) is 22.0. The first-order valence-electron chi connectivity index (χ1n) is 14.6. The van der Waals surface area contributed by atoms with Gasteiger partial charge in [0.05, 0.1) is 4.90 Å². The number of nitrogens with one attached hydrogen (secondary N) is 1. The highest BCUT2D eigenvalue weighted by Gasteiger charge is 2.57. The number of piperazine rings is 1. The van der Waals surface area contributed by atoms with Gasteiger partial charge in [0.2, 0.25) is 33.7 Å². The fourth-order valence-corrected chi connectivity index (χ4v) is 6.63. The van der Waals surface area contributed by atoms with Gasteiger partial charge in [-0.05, 0) is 86.6 Å². The Morgan fingerprint density at radius 1 is 0.957 bits per heavy atom. The number of rotatable bonds is 10. The summed E-state index contributed by atoms with van der Waals surface area (Å²) in [7, 11) is -1.69. The highest BCUT2D eigenvalue weighted by Crippen LogP contribution is 2.49. The molecule has 0 unspecified atom stereocenters. The number of nitrogens with zero attached hydrogens (tertiary/aromatic N) is 5. The minimum absolute atomic E-state index is 0.172. The molecular weight excluding hydrogens is 613 g/mol. The zero-order chi connectivity index (χ0) is 32.5. The summed E-state index contributed by atoms with van der Waals surface area (Å²) < 4.78 is 47.5. The minimum atomic E-state index is -3.66. The second-order valence-corrected chi connectivity index (χ2v) is 13.2. The Bertz CT molecular complexity index is 1860. The molecule has 1 aromatic heterocycles. The predicted molar refractivity (Wildman–Crippen MR) is 169 cm³/mol. The van der Waals surface area contributed by atoms with Crippen LogP contribution in [0.1, 0.15) is 12.8 Å². The largest absolute Gasteiger partial charge is 0.439 e. The molecule has 2 fully saturated rings. The van der Waals surface area contributed by atoms with E-state index in [0.717, 1.165) is 0 Å². The first-order valence-corrected chi connectivity index (χ1v) is 16.1. The van der Waals surface area contributed by atoms with E-state index in [1.54, 1.807) is 54.6 Å². The number of anilines is 4. The maximum absolute atomic E-state index is 13.6. The Hall–Kier alpha value is -4.92. The van der Waals surface area contributed by atoms with Crippen molar-refractivity contribution in [1.29, 1.82) is 0 Å². The Morgan fingerprint density at radius 3 is 2.24 bits per heavy atom. The van der Waals surface area contributed by atoms with Gasteiger partial charge in [-0.3, -0.25) is 14.5 Å². The molecule has 3 aromatic carbocycles. The van der Waals surface area contributed by atoms with Crippen LogP contribution in [0, 0.1) is 11.2 Å². The van der Waals surface area contributed by atoms with Crippen LogP contribution in [0.3, 0.4) is 0 Å². The van der Waals surface area contributed by atoms with E-state index in [0.29, 0.717) is 61.8 Å². The molecule has 0 atom stereocenters. The molecule has 6 rings (SSSR count). The van der Waals surface area contributed by atoms with Crippen molar-refractivity contribution in [3.8, 4) is 11.6 Å². The van der Waals surface area contributed by atoms with Crippen LogP contribution in [0.5, 0.6) is 11.6 Å². The smallest absolute Gasteiger partial charge is 0.247 e. The number of ether oxygens (including phenoxy) is 1. The predicted octanol–water partition coefficient (Wildman–Crippen LogP) is 4.02. The number of likely N-dealkylation sites (N-methyl/N-ethyl adjacent to an activating group) is 1. The monoisotopic (exact) mass is 645 g/mol. The van der Waals surface area contributed by atoms with Crippen LogP contribution in [-0.2, 0) is 19.6 Å². The molecule has 4 aromatic rings. The average molecular weight is 646 g/mol. The third kappa shape index (κ3) is 6.40. The van der Waals surface area contributed by atoms with Gasteiger partial charge in [-0.1, -0.05) is 6.07 Å². The van der Waals surface area contributed by atoms with Gasteiger partial charge in [0.1, 0.15) is 17.0 Å². The van der Waals surface area contributed by atoms with Crippen molar-refractivity contribution in [2.24, 2.45) is 11.1 Å². The van der Waals surface area contributed by atoms with Crippen molar-refractivity contribution in [3.05, 3.63) is 90.9 Å². The second-order valence-electron chi connectivity index (χ2n) is 11.2. The van der Waals surface area contributed by atoms with Crippen LogP contribution in [0.25, 0.3) is 0 Å². The van der Waals surface area contributed by atoms with Crippen molar-refractivity contribution in [2.75, 3.05) is 43.4 Å². The van der Waals surface area contributed by atoms with E-state index in [1.807, 2.05) is 7.05 Å². The molecule has 1 saturated heterocycles. The number of hydrogen-bond donors (Lipinski definition) is 2. The molecule has 1 aliphatic carbocycles. The molecule has 1 saturated carbocycles. The van der Waals surface area contributed by atoms with E-state index in [-0.39, 0.29) is 16.7 Å². The Labute approximate surface area is 265 Å². The number of nitrogens with two attached hydrogens (primary N) is 1. The van der Waals surface area contributed by atoms with Gasteiger partial charge in [0.25, 0.3) is 0 Å². The lowest BCUT2D eigenvalue weighted by Crippen LogP contribution is -2.47. The highest BCUT2D eigenvalue weighted by atomic mass is 32.2. The van der Waals surface area contributed by atoms with E-state index in [2.05, 4.69) is 20.2 Å². The fourth-order valence-electron chi connectivity index (χ4n) is 5.16. The molecule has 2 aliphatic rings. The van der Waals surface area contributed by atoms with Gasteiger partial charge >= 0.3 is 0 Å². The van der Waals surface area contributed by atoms with Crippen molar-refractivity contribution < 1.29 is 27.1 Å². The van der Waals surface area contributed by atoms with Crippen LogP contribution >= 0.6 is 0 Å². The lowest BCUT2D eigenvalue weighted by Gasteiger charge is -2.31. The van der Waals surface area contributed by atoms with Crippen LogP contribution in [0.15, 0.2) is 90.0 Å². The van der Waals surface area contributed by atoms with Gasteiger partial charge in [-0.2, -0.15) is 9.29 Å². The second kappa shape index (κ2) is 12.5. The molecule has 1 aliphatic heterocycles. The SMILES string of the molecule is CN1CCN(S(=O)(=O)c2cccc(Nc3nccc(Oc4ccc(N(C(=O)C5(C(N)=O)CC5)c5ccc(F)cc5)cc4)n3)c2)CC1. The van der Waals surface area contributed by atoms with Crippen molar-refractivity contribution in [3.63, 3.8) is 0 Å². The maximum Gasteiger partial charge on any atom is 0.247 e. The summed E-state index contributed by atoms with van der Waals surface area (Å²) >= 11 is 0. The van der Waals surface area contributed by atoms with Gasteiger partial charge in [-0.15, -0.1) is 0 Å². The Morgan fingerprint density at radius 2 is 1.61 bits per heavy atom. The van der Waals surface area contributed by atoms with Crippen LogP contribution < -0.4 is 20.7 Å². The number of carbonyl (C=O) groups excluding carboxylic acids is 2. The van der Waals surface area contributed by atoms with E-state index in [1.165, 1.54) is 39.7 Å². The molecule has 12 nitrogen and oxygen atoms in total. The lowest BCUT2D eigenvalue weighted by molar-refractivity contribution is -0.133. The van der Waals surface area contributed by atoms with E-state index in [4.69, 9.17) is 10.5 Å². The molecular formula is C32H32FN7O5S. The molecule has 0 spiro atoms. The zero-order valence-corrected chi connectivity index (χ0v) is 25.8. The summed E-state index contributed by atoms with van der Waals surface area (Å²) in [5.41, 5.74) is 5.60. The summed E-state index contributed by atoms with van der Waals surface area (Å²) in [6, 6.07) is 20.0. The number of aromatic nitrogens is 2. The summed E-state index contributed by atoms with van der Waals surface area (Å²) in [5, 5.41) is 3.04. The topological polar surface area (TPSA) is 151 Å². The molecule has 2 heterocycles. The molecule has 2 amide bonds. The fraction of sp³-hybridized carbons (Fsp3) is 0.250. The van der Waals surface area contributed by atoms with E-state index in [9.17, 15) is 22.4 Å². The van der Waals surface area contributed by atoms with E-state index < -0.39 is 33.1 Å². The van der Waals surface area contributed by atoms with Gasteiger partial charge in [-0.25, -0.2) is 17.8 Å². The highest BCUT2D eigenvalue weighted by molar-refractivity contribution is 7.89. The standard InChI is InChI=1S/C32H32FN7O5S/c1-38-17-19-39(20-18-38)46(43,44)27-4-2-3-23(21-27)36-31-35-16-13-28(37-31)45-26-11-9-25(10-12-26)40(24-7-5-22(33)6-8-24)30(42)32(14-15-32)29(34)41/h2-13,16,21H,14-15,17-20H2,1H3,(H2,34,41)(H,35,36,37). The molecule has 46 heavy (non-hydrogen) atoms. The Kier molecular flexibility index (Phi) is 8.42.